The van der Waals surface area contributed by atoms with Gasteiger partial charge in [-0.1, -0.05) is 6.07 Å². The maximum atomic E-state index is 12.4. The Kier molecular flexibility index (Phi) is 8.58. The van der Waals surface area contributed by atoms with Crippen molar-refractivity contribution in [3.8, 4) is 11.3 Å². The molecule has 1 atom stereocenters. The molecule has 0 radical (unpaired) electrons. The second kappa shape index (κ2) is 12.1. The Morgan fingerprint density at radius 1 is 1.05 bits per heavy atom. The van der Waals surface area contributed by atoms with Gasteiger partial charge in [0.1, 0.15) is 0 Å². The van der Waals surface area contributed by atoms with Gasteiger partial charge >= 0.3 is 6.03 Å². The first-order chi connectivity index (χ1) is 19.3. The summed E-state index contributed by atoms with van der Waals surface area (Å²) in [5.74, 6) is 0. The molecule has 0 spiro atoms. The first kappa shape index (κ1) is 28.3. The average Bonchev–Trinajstić information content (AvgIpc) is 3.42. The topological polar surface area (TPSA) is 87.5 Å². The van der Waals surface area contributed by atoms with E-state index in [4.69, 9.17) is 14.5 Å². The molecule has 40 heavy (non-hydrogen) atoms. The molecule has 2 aliphatic rings. The smallest absolute Gasteiger partial charge is 0.317 e. The molecule has 5 rings (SSSR count). The van der Waals surface area contributed by atoms with E-state index in [1.807, 2.05) is 49.0 Å². The summed E-state index contributed by atoms with van der Waals surface area (Å²) in [6, 6.07) is 9.02. The van der Waals surface area contributed by atoms with Crippen molar-refractivity contribution >= 4 is 17.2 Å². The molecule has 1 N–H and O–H groups in total. The number of piperazine rings is 1. The second-order valence-electron chi connectivity index (χ2n) is 11.3. The van der Waals surface area contributed by atoms with Crippen LogP contribution in [-0.4, -0.2) is 103 Å². The van der Waals surface area contributed by atoms with E-state index in [2.05, 4.69) is 51.4 Å². The fourth-order valence-corrected chi connectivity index (χ4v) is 6.01. The van der Waals surface area contributed by atoms with Crippen molar-refractivity contribution in [2.75, 3.05) is 65.0 Å². The fourth-order valence-electron chi connectivity index (χ4n) is 6.01. The Hall–Kier alpha value is -3.21. The summed E-state index contributed by atoms with van der Waals surface area (Å²) in [6.45, 7) is 11.8. The second-order valence-corrected chi connectivity index (χ2v) is 11.3. The van der Waals surface area contributed by atoms with Crippen molar-refractivity contribution in [1.82, 2.24) is 29.7 Å². The fraction of sp³-hybridized carbons (Fsp3) is 0.567. The Morgan fingerprint density at radius 3 is 2.42 bits per heavy atom. The molecule has 3 aromatic heterocycles. The van der Waals surface area contributed by atoms with Gasteiger partial charge < -0.3 is 24.6 Å². The van der Waals surface area contributed by atoms with Crippen LogP contribution in [0, 0.1) is 0 Å². The van der Waals surface area contributed by atoms with Gasteiger partial charge in [0.05, 0.1) is 29.1 Å². The number of likely N-dealkylation sites (tertiary alicyclic amines) is 1. The van der Waals surface area contributed by atoms with Crippen molar-refractivity contribution in [2.45, 2.75) is 51.3 Å². The van der Waals surface area contributed by atoms with E-state index in [-0.39, 0.29) is 17.7 Å². The number of hydrogen-bond donors (Lipinski definition) is 1. The van der Waals surface area contributed by atoms with E-state index in [0.29, 0.717) is 19.1 Å². The van der Waals surface area contributed by atoms with Gasteiger partial charge in [0.2, 0.25) is 0 Å². The molecular formula is C30H43N7O3. The van der Waals surface area contributed by atoms with E-state index in [9.17, 15) is 4.79 Å². The molecule has 0 saturated carbocycles. The van der Waals surface area contributed by atoms with E-state index in [1.165, 1.54) is 0 Å². The van der Waals surface area contributed by atoms with Gasteiger partial charge in [-0.15, -0.1) is 0 Å². The van der Waals surface area contributed by atoms with Crippen LogP contribution in [0.2, 0.25) is 0 Å². The third-order valence-corrected chi connectivity index (χ3v) is 8.42. The molecule has 10 heteroatoms. The van der Waals surface area contributed by atoms with Crippen LogP contribution < -0.4 is 10.2 Å². The van der Waals surface area contributed by atoms with Gasteiger partial charge in [0.25, 0.3) is 0 Å². The molecular weight excluding hydrogens is 506 g/mol. The van der Waals surface area contributed by atoms with Crippen LogP contribution in [0.15, 0.2) is 42.9 Å². The number of hydrogen-bond acceptors (Lipinski definition) is 7. The van der Waals surface area contributed by atoms with E-state index < -0.39 is 0 Å². The van der Waals surface area contributed by atoms with E-state index in [1.54, 1.807) is 7.11 Å². The Labute approximate surface area is 237 Å². The van der Waals surface area contributed by atoms with Gasteiger partial charge in [0, 0.05) is 95.3 Å². The first-order valence-corrected chi connectivity index (χ1v) is 14.4. The summed E-state index contributed by atoms with van der Waals surface area (Å²) in [7, 11) is 3.57. The van der Waals surface area contributed by atoms with Crippen LogP contribution in [0.1, 0.15) is 39.2 Å². The number of piperidine rings is 1. The number of anilines is 1. The van der Waals surface area contributed by atoms with Crippen LogP contribution in [0.25, 0.3) is 16.8 Å². The van der Waals surface area contributed by atoms with Gasteiger partial charge in [-0.3, -0.25) is 9.88 Å². The van der Waals surface area contributed by atoms with Crippen molar-refractivity contribution in [3.63, 3.8) is 0 Å². The van der Waals surface area contributed by atoms with Crippen molar-refractivity contribution < 1.29 is 14.3 Å². The number of nitrogens with one attached hydrogen (secondary N) is 1. The normalized spacial score (nSPS) is 18.9. The highest BCUT2D eigenvalue weighted by Crippen LogP contribution is 2.37. The zero-order chi connectivity index (χ0) is 28.3. The monoisotopic (exact) mass is 549 g/mol. The first-order valence-electron chi connectivity index (χ1n) is 14.4. The number of carbonyl (C=O) groups excluding carboxylic acids is 1. The Morgan fingerprint density at radius 2 is 1.80 bits per heavy atom. The lowest BCUT2D eigenvalue weighted by molar-refractivity contribution is -0.0723. The summed E-state index contributed by atoms with van der Waals surface area (Å²) in [5.41, 5.74) is 4.90. The number of amides is 2. The number of fused-ring (bicyclic) bond motifs is 1. The number of urea groups is 1. The Balaban J connectivity index is 1.29. The molecule has 0 unspecified atom stereocenters. The largest absolute Gasteiger partial charge is 0.383 e. The van der Waals surface area contributed by atoms with Crippen LogP contribution in [0.3, 0.4) is 0 Å². The number of pyridine rings is 1. The van der Waals surface area contributed by atoms with Crippen LogP contribution in [-0.2, 0) is 15.1 Å². The number of aromatic nitrogens is 3. The zero-order valence-corrected chi connectivity index (χ0v) is 24.5. The molecule has 0 aliphatic carbocycles. The van der Waals surface area contributed by atoms with Crippen molar-refractivity contribution in [2.24, 2.45) is 0 Å². The van der Waals surface area contributed by atoms with Crippen LogP contribution in [0.4, 0.5) is 10.5 Å². The maximum Gasteiger partial charge on any atom is 0.317 e. The molecule has 216 valence electrons. The lowest BCUT2D eigenvalue weighted by Gasteiger charge is -2.43. The number of carbonyl (C=O) groups is 1. The minimum Gasteiger partial charge on any atom is -0.383 e. The third kappa shape index (κ3) is 5.80. The predicted molar refractivity (Wildman–Crippen MR) is 157 cm³/mol. The molecule has 2 aliphatic heterocycles. The van der Waals surface area contributed by atoms with Crippen molar-refractivity contribution in [3.05, 3.63) is 48.4 Å². The van der Waals surface area contributed by atoms with Crippen molar-refractivity contribution in [1.29, 1.82) is 0 Å². The predicted octanol–water partition coefficient (Wildman–Crippen LogP) is 3.61. The Bertz CT molecular complexity index is 1280. The van der Waals surface area contributed by atoms with E-state index >= 15 is 0 Å². The standard InChI is InChI=1S/C30H43N7O3/c1-22(2)33-29(38)36-16-14-35(15-17-36)27-8-11-32-37-20-24(18-28(27)37)26-7-6-25(19-31-26)30(40-5)9-12-34(13-10-30)23(3)21-39-4/h6-8,11,18-20,22-23H,9-10,12-17,21H2,1-5H3,(H,33,38)/t23-/m1/s1. The van der Waals surface area contributed by atoms with Crippen LogP contribution >= 0.6 is 0 Å². The van der Waals surface area contributed by atoms with Gasteiger partial charge in [-0.2, -0.15) is 5.10 Å². The third-order valence-electron chi connectivity index (χ3n) is 8.42. The van der Waals surface area contributed by atoms with Crippen LogP contribution in [0.5, 0.6) is 0 Å². The maximum absolute atomic E-state index is 12.4. The minimum atomic E-state index is -0.316. The number of nitrogens with zero attached hydrogens (tertiary/aromatic N) is 6. The summed E-state index contributed by atoms with van der Waals surface area (Å²) >= 11 is 0. The summed E-state index contributed by atoms with van der Waals surface area (Å²) in [4.78, 5) is 24.0. The molecule has 10 nitrogen and oxygen atoms in total. The summed E-state index contributed by atoms with van der Waals surface area (Å²) in [6.07, 6.45) is 7.70. The summed E-state index contributed by atoms with van der Waals surface area (Å²) < 4.78 is 13.4. The molecule has 0 aromatic carbocycles. The minimum absolute atomic E-state index is 0.00970. The highest BCUT2D eigenvalue weighted by Gasteiger charge is 2.37. The summed E-state index contributed by atoms with van der Waals surface area (Å²) in [5, 5.41) is 7.56. The van der Waals surface area contributed by atoms with Gasteiger partial charge in [0.15, 0.2) is 0 Å². The lowest BCUT2D eigenvalue weighted by Crippen LogP contribution is -2.53. The molecule has 5 heterocycles. The highest BCUT2D eigenvalue weighted by molar-refractivity contribution is 5.79. The zero-order valence-electron chi connectivity index (χ0n) is 24.5. The lowest BCUT2D eigenvalue weighted by atomic mass is 9.84. The average molecular weight is 550 g/mol. The molecule has 2 fully saturated rings. The highest BCUT2D eigenvalue weighted by atomic mass is 16.5. The van der Waals surface area contributed by atoms with E-state index in [0.717, 1.165) is 73.7 Å². The number of ether oxygens (including phenoxy) is 2. The molecule has 2 saturated heterocycles. The quantitative estimate of drug-likeness (QED) is 0.459. The SMILES string of the molecule is COC[C@@H](C)N1CCC(OC)(c2ccc(-c3cc4c(N5CCN(C(=O)NC(C)C)CC5)ccnn4c3)nc2)CC1. The molecule has 2 amide bonds. The van der Waals surface area contributed by atoms with Gasteiger partial charge in [-0.05, 0) is 51.8 Å². The number of methoxy groups -OCH3 is 2. The molecule has 0 bridgehead atoms. The molecule has 3 aromatic rings. The van der Waals surface area contributed by atoms with Gasteiger partial charge in [-0.25, -0.2) is 9.31 Å². The number of rotatable bonds is 8.